The van der Waals surface area contributed by atoms with E-state index < -0.39 is 0 Å². The van der Waals surface area contributed by atoms with Crippen molar-refractivity contribution < 1.29 is 14.3 Å². The molecule has 0 fully saturated rings. The second kappa shape index (κ2) is 10.0. The van der Waals surface area contributed by atoms with Crippen LogP contribution in [0.4, 0.5) is 5.69 Å². The number of carbonyl (C=O) groups is 1. The molecule has 0 aliphatic heterocycles. The van der Waals surface area contributed by atoms with Crippen LogP contribution in [0.2, 0.25) is 0 Å². The highest BCUT2D eigenvalue weighted by molar-refractivity contribution is 7.99. The first-order chi connectivity index (χ1) is 15.7. The van der Waals surface area contributed by atoms with E-state index in [0.717, 1.165) is 17.1 Å². The molecule has 0 aliphatic carbocycles. The zero-order chi connectivity index (χ0) is 22.3. The summed E-state index contributed by atoms with van der Waals surface area (Å²) in [5.41, 5.74) is 2.45. The molecule has 162 valence electrons. The lowest BCUT2D eigenvalue weighted by Gasteiger charge is -2.09. The number of ether oxygens (including phenoxy) is 2. The van der Waals surface area contributed by atoms with Gasteiger partial charge in [-0.15, -0.1) is 5.10 Å². The van der Waals surface area contributed by atoms with Gasteiger partial charge in [-0.05, 0) is 12.1 Å². The monoisotopic (exact) mass is 446 g/mol. The molecule has 0 aliphatic rings. The largest absolute Gasteiger partial charge is 0.497 e. The Hall–Kier alpha value is -3.78. The number of hydrogen-bond donors (Lipinski definition) is 1. The van der Waals surface area contributed by atoms with Gasteiger partial charge < -0.3 is 14.8 Å². The number of anilines is 1. The maximum Gasteiger partial charge on any atom is 0.234 e. The molecule has 4 rings (SSSR count). The van der Waals surface area contributed by atoms with Gasteiger partial charge in [0.2, 0.25) is 11.1 Å². The number of rotatable bonds is 8. The second-order valence-corrected chi connectivity index (χ2v) is 7.71. The lowest BCUT2D eigenvalue weighted by atomic mass is 10.2. The third kappa shape index (κ3) is 5.09. The third-order valence-corrected chi connectivity index (χ3v) is 5.43. The summed E-state index contributed by atoms with van der Waals surface area (Å²) >= 11 is 1.27. The molecular formula is C24H22N4O3S. The van der Waals surface area contributed by atoms with Crippen LogP contribution in [0.15, 0.2) is 84.0 Å². The average Bonchev–Trinajstić information content (AvgIpc) is 3.28. The summed E-state index contributed by atoms with van der Waals surface area (Å²) in [4.78, 5) is 17.2. The zero-order valence-electron chi connectivity index (χ0n) is 17.7. The fourth-order valence-corrected chi connectivity index (χ4v) is 3.71. The van der Waals surface area contributed by atoms with Crippen molar-refractivity contribution in [2.75, 3.05) is 25.3 Å². The Labute approximate surface area is 190 Å². The van der Waals surface area contributed by atoms with Gasteiger partial charge >= 0.3 is 0 Å². The van der Waals surface area contributed by atoms with Crippen molar-refractivity contribution in [3.8, 4) is 28.6 Å². The summed E-state index contributed by atoms with van der Waals surface area (Å²) in [5, 5.41) is 8.02. The molecule has 0 bridgehead atoms. The first kappa shape index (κ1) is 21.5. The number of nitrogens with zero attached hydrogens (tertiary/aromatic N) is 3. The predicted molar refractivity (Wildman–Crippen MR) is 126 cm³/mol. The van der Waals surface area contributed by atoms with E-state index in [4.69, 9.17) is 9.47 Å². The highest BCUT2D eigenvalue weighted by Gasteiger charge is 2.15. The van der Waals surface area contributed by atoms with Gasteiger partial charge in [0, 0.05) is 29.4 Å². The number of para-hydroxylation sites is 1. The minimum absolute atomic E-state index is 0.159. The lowest BCUT2D eigenvalue weighted by Crippen LogP contribution is -2.14. The second-order valence-electron chi connectivity index (χ2n) is 6.77. The van der Waals surface area contributed by atoms with Crippen molar-refractivity contribution in [1.29, 1.82) is 0 Å². The molecule has 0 saturated heterocycles. The molecule has 32 heavy (non-hydrogen) atoms. The van der Waals surface area contributed by atoms with Gasteiger partial charge in [-0.3, -0.25) is 4.79 Å². The molecule has 0 saturated carbocycles. The van der Waals surface area contributed by atoms with Gasteiger partial charge in [0.05, 0.1) is 25.7 Å². The molecule has 4 aromatic rings. The summed E-state index contributed by atoms with van der Waals surface area (Å²) in [6.45, 7) is 0. The van der Waals surface area contributed by atoms with Gasteiger partial charge in [-0.25, -0.2) is 9.67 Å². The number of carbonyl (C=O) groups excluding carboxylic acids is 1. The molecule has 8 heteroatoms. The Morgan fingerprint density at radius 3 is 2.19 bits per heavy atom. The highest BCUT2D eigenvalue weighted by Crippen LogP contribution is 2.27. The third-order valence-electron chi connectivity index (χ3n) is 4.59. The van der Waals surface area contributed by atoms with Crippen LogP contribution in [-0.2, 0) is 4.79 Å². The van der Waals surface area contributed by atoms with Crippen LogP contribution in [-0.4, -0.2) is 40.6 Å². The normalized spacial score (nSPS) is 10.6. The van der Waals surface area contributed by atoms with E-state index >= 15 is 0 Å². The van der Waals surface area contributed by atoms with Gasteiger partial charge in [-0.1, -0.05) is 60.3 Å². The molecule has 0 atom stereocenters. The van der Waals surface area contributed by atoms with Crippen molar-refractivity contribution in [3.63, 3.8) is 0 Å². The summed E-state index contributed by atoms with van der Waals surface area (Å²) in [7, 11) is 3.13. The maximum absolute atomic E-state index is 12.5. The molecule has 1 aromatic heterocycles. The van der Waals surface area contributed by atoms with E-state index in [2.05, 4.69) is 15.4 Å². The molecule has 7 nitrogen and oxygen atoms in total. The van der Waals surface area contributed by atoms with Crippen molar-refractivity contribution >= 4 is 23.4 Å². The van der Waals surface area contributed by atoms with Crippen molar-refractivity contribution in [3.05, 3.63) is 78.9 Å². The number of amides is 1. The Balaban J connectivity index is 1.51. The quantitative estimate of drug-likeness (QED) is 0.396. The lowest BCUT2D eigenvalue weighted by molar-refractivity contribution is -0.113. The molecule has 0 unspecified atom stereocenters. The number of hydrogen-bond acceptors (Lipinski definition) is 6. The van der Waals surface area contributed by atoms with Crippen LogP contribution in [0.1, 0.15) is 0 Å². The van der Waals surface area contributed by atoms with Crippen LogP contribution >= 0.6 is 11.8 Å². The first-order valence-corrected chi connectivity index (χ1v) is 10.9. The number of aromatic nitrogens is 3. The Morgan fingerprint density at radius 1 is 0.938 bits per heavy atom. The fourth-order valence-electron chi connectivity index (χ4n) is 3.08. The standard InChI is InChI=1S/C24H22N4O3S/c1-30-20-13-18(14-21(15-20)31-2)25-22(29)16-32-24-26-23(17-9-5-3-6-10-17)28(27-24)19-11-7-4-8-12-19/h3-15H,16H2,1-2H3,(H,25,29). The van der Waals surface area contributed by atoms with Crippen LogP contribution < -0.4 is 14.8 Å². The Kier molecular flexibility index (Phi) is 6.72. The molecule has 0 spiro atoms. The first-order valence-electron chi connectivity index (χ1n) is 9.90. The van der Waals surface area contributed by atoms with Crippen molar-refractivity contribution in [1.82, 2.24) is 14.8 Å². The van der Waals surface area contributed by atoms with E-state index in [1.165, 1.54) is 11.8 Å². The van der Waals surface area contributed by atoms with Gasteiger partial charge in [0.1, 0.15) is 11.5 Å². The molecular weight excluding hydrogens is 424 g/mol. The van der Waals surface area contributed by atoms with E-state index in [1.807, 2.05) is 60.7 Å². The van der Waals surface area contributed by atoms with Gasteiger partial charge in [-0.2, -0.15) is 0 Å². The van der Waals surface area contributed by atoms with Gasteiger partial charge in [0.15, 0.2) is 5.82 Å². The van der Waals surface area contributed by atoms with Crippen molar-refractivity contribution in [2.24, 2.45) is 0 Å². The maximum atomic E-state index is 12.5. The number of methoxy groups -OCH3 is 2. The van der Waals surface area contributed by atoms with E-state index in [-0.39, 0.29) is 11.7 Å². The minimum atomic E-state index is -0.178. The van der Waals surface area contributed by atoms with Crippen LogP contribution in [0, 0.1) is 0 Å². The molecule has 0 radical (unpaired) electrons. The Bertz CT molecular complexity index is 1120. The Morgan fingerprint density at radius 2 is 1.56 bits per heavy atom. The number of benzene rings is 3. The molecule has 1 amide bonds. The predicted octanol–water partition coefficient (Wildman–Crippen LogP) is 4.68. The fraction of sp³-hybridized carbons (Fsp3) is 0.125. The molecule has 3 aromatic carbocycles. The molecule has 1 N–H and O–H groups in total. The highest BCUT2D eigenvalue weighted by atomic mass is 32.2. The number of nitrogens with one attached hydrogen (secondary N) is 1. The summed E-state index contributed by atoms with van der Waals surface area (Å²) in [6, 6.07) is 24.9. The van der Waals surface area contributed by atoms with Crippen molar-refractivity contribution in [2.45, 2.75) is 5.16 Å². The molecule has 1 heterocycles. The topological polar surface area (TPSA) is 78.3 Å². The zero-order valence-corrected chi connectivity index (χ0v) is 18.5. The summed E-state index contributed by atoms with van der Waals surface area (Å²) in [5.74, 6) is 1.90. The van der Waals surface area contributed by atoms with Crippen LogP contribution in [0.3, 0.4) is 0 Å². The summed E-state index contributed by atoms with van der Waals surface area (Å²) < 4.78 is 12.3. The summed E-state index contributed by atoms with van der Waals surface area (Å²) in [6.07, 6.45) is 0. The minimum Gasteiger partial charge on any atom is -0.497 e. The van der Waals surface area contributed by atoms with E-state index in [0.29, 0.717) is 22.3 Å². The van der Waals surface area contributed by atoms with Gasteiger partial charge in [0.25, 0.3) is 0 Å². The smallest absolute Gasteiger partial charge is 0.234 e. The van der Waals surface area contributed by atoms with E-state index in [1.54, 1.807) is 37.1 Å². The van der Waals surface area contributed by atoms with E-state index in [9.17, 15) is 4.79 Å². The van der Waals surface area contributed by atoms with Crippen LogP contribution in [0.5, 0.6) is 11.5 Å². The SMILES string of the molecule is COc1cc(NC(=O)CSc2nc(-c3ccccc3)n(-c3ccccc3)n2)cc(OC)c1. The van der Waals surface area contributed by atoms with Crippen LogP contribution in [0.25, 0.3) is 17.1 Å². The average molecular weight is 447 g/mol. The number of thioether (sulfide) groups is 1.